The molecule has 0 bridgehead atoms. The zero-order chi connectivity index (χ0) is 11.8. The van der Waals surface area contributed by atoms with Gasteiger partial charge in [-0.1, -0.05) is 12.1 Å². The summed E-state index contributed by atoms with van der Waals surface area (Å²) >= 11 is 0. The largest absolute Gasteiger partial charge is 0.385 e. The second kappa shape index (κ2) is 6.85. The molecule has 0 aliphatic heterocycles. The molecule has 4 nitrogen and oxygen atoms in total. The van der Waals surface area contributed by atoms with E-state index in [9.17, 15) is 4.79 Å². The molecule has 0 aliphatic carbocycles. The zero-order valence-electron chi connectivity index (χ0n) is 9.62. The molecule has 4 N–H and O–H groups in total. The molecule has 16 heavy (non-hydrogen) atoms. The van der Waals surface area contributed by atoms with Crippen LogP contribution in [0.1, 0.15) is 23.7 Å². The van der Waals surface area contributed by atoms with Crippen LogP contribution in [0.5, 0.6) is 0 Å². The van der Waals surface area contributed by atoms with Crippen molar-refractivity contribution in [3.05, 3.63) is 29.8 Å². The van der Waals surface area contributed by atoms with Gasteiger partial charge >= 0.3 is 0 Å². The van der Waals surface area contributed by atoms with Crippen LogP contribution in [0.4, 0.5) is 5.69 Å². The quantitative estimate of drug-likeness (QED) is 0.632. The van der Waals surface area contributed by atoms with Gasteiger partial charge in [-0.25, -0.2) is 0 Å². The molecule has 1 aromatic carbocycles. The highest BCUT2D eigenvalue weighted by molar-refractivity contribution is 5.99. The van der Waals surface area contributed by atoms with Crippen molar-refractivity contribution in [2.24, 2.45) is 5.73 Å². The van der Waals surface area contributed by atoms with Gasteiger partial charge in [0.15, 0.2) is 0 Å². The Balaban J connectivity index is 2.66. The summed E-state index contributed by atoms with van der Waals surface area (Å²) in [6, 6.07) is 7.49. The first-order valence-electron chi connectivity index (χ1n) is 5.60. The zero-order valence-corrected chi connectivity index (χ0v) is 9.62. The summed E-state index contributed by atoms with van der Waals surface area (Å²) in [5.74, 6) is -0.0509. The Morgan fingerprint density at radius 1 is 1.38 bits per heavy atom. The number of hydrogen-bond acceptors (Lipinski definition) is 3. The van der Waals surface area contributed by atoms with Crippen molar-refractivity contribution in [1.82, 2.24) is 5.32 Å². The number of rotatable bonds is 6. The van der Waals surface area contributed by atoms with E-state index in [1.165, 1.54) is 0 Å². The average molecular weight is 221 g/mol. The minimum Gasteiger partial charge on any atom is -0.385 e. The fourth-order valence-corrected chi connectivity index (χ4v) is 1.42. The maximum atomic E-state index is 11.8. The molecular weight excluding hydrogens is 202 g/mol. The van der Waals surface area contributed by atoms with Gasteiger partial charge in [0.1, 0.15) is 0 Å². The molecule has 0 radical (unpaired) electrons. The van der Waals surface area contributed by atoms with E-state index in [0.717, 1.165) is 18.7 Å². The predicted molar refractivity (Wildman–Crippen MR) is 66.6 cm³/mol. The predicted octanol–water partition coefficient (Wildman–Crippen LogP) is 1.20. The standard InChI is InChI=1S/C12H19N3O/c1-2-14-11-7-4-3-6-10(11)12(16)15-9-5-8-13/h3-4,6-7,14H,2,5,8-9,13H2,1H3,(H,15,16). The molecule has 0 heterocycles. The van der Waals surface area contributed by atoms with Crippen molar-refractivity contribution in [3.8, 4) is 0 Å². The molecular formula is C12H19N3O. The van der Waals surface area contributed by atoms with Gasteiger partial charge in [-0.15, -0.1) is 0 Å². The van der Waals surface area contributed by atoms with Crippen LogP contribution in [0.25, 0.3) is 0 Å². The first-order chi connectivity index (χ1) is 7.79. The third-order valence-electron chi connectivity index (χ3n) is 2.21. The second-order valence-electron chi connectivity index (χ2n) is 3.47. The van der Waals surface area contributed by atoms with Gasteiger partial charge in [0.05, 0.1) is 5.56 Å². The highest BCUT2D eigenvalue weighted by Crippen LogP contribution is 2.14. The Morgan fingerprint density at radius 2 is 2.12 bits per heavy atom. The molecule has 0 saturated carbocycles. The van der Waals surface area contributed by atoms with Gasteiger partial charge in [0.2, 0.25) is 0 Å². The summed E-state index contributed by atoms with van der Waals surface area (Å²) in [5.41, 5.74) is 6.92. The minimum absolute atomic E-state index is 0.0509. The van der Waals surface area contributed by atoms with Crippen molar-refractivity contribution < 1.29 is 4.79 Å². The molecule has 88 valence electrons. The lowest BCUT2D eigenvalue weighted by Crippen LogP contribution is -2.26. The summed E-state index contributed by atoms with van der Waals surface area (Å²) in [5, 5.41) is 6.00. The Labute approximate surface area is 96.2 Å². The van der Waals surface area contributed by atoms with E-state index in [1.807, 2.05) is 31.2 Å². The number of para-hydroxylation sites is 1. The van der Waals surface area contributed by atoms with Gasteiger partial charge in [-0.2, -0.15) is 0 Å². The monoisotopic (exact) mass is 221 g/mol. The molecule has 1 rings (SSSR count). The van der Waals surface area contributed by atoms with E-state index in [-0.39, 0.29) is 5.91 Å². The molecule has 0 spiro atoms. The number of carbonyl (C=O) groups excluding carboxylic acids is 1. The number of benzene rings is 1. The van der Waals surface area contributed by atoms with Crippen LogP contribution in [0, 0.1) is 0 Å². The number of amides is 1. The van der Waals surface area contributed by atoms with Crippen molar-refractivity contribution >= 4 is 11.6 Å². The van der Waals surface area contributed by atoms with E-state index in [4.69, 9.17) is 5.73 Å². The summed E-state index contributed by atoms with van der Waals surface area (Å²) in [6.45, 7) is 4.02. The van der Waals surface area contributed by atoms with E-state index in [2.05, 4.69) is 10.6 Å². The molecule has 0 aromatic heterocycles. The first-order valence-corrected chi connectivity index (χ1v) is 5.60. The summed E-state index contributed by atoms with van der Waals surface area (Å²) in [6.07, 6.45) is 0.801. The summed E-state index contributed by atoms with van der Waals surface area (Å²) in [4.78, 5) is 11.8. The molecule has 0 atom stereocenters. The number of carbonyl (C=O) groups is 1. The molecule has 0 fully saturated rings. The Hall–Kier alpha value is -1.55. The van der Waals surface area contributed by atoms with Crippen molar-refractivity contribution in [2.75, 3.05) is 25.0 Å². The lowest BCUT2D eigenvalue weighted by Gasteiger charge is -2.10. The fraction of sp³-hybridized carbons (Fsp3) is 0.417. The van der Waals surface area contributed by atoms with E-state index < -0.39 is 0 Å². The highest BCUT2D eigenvalue weighted by atomic mass is 16.1. The number of nitrogens with one attached hydrogen (secondary N) is 2. The maximum Gasteiger partial charge on any atom is 0.253 e. The smallest absolute Gasteiger partial charge is 0.253 e. The third kappa shape index (κ3) is 3.55. The molecule has 1 aromatic rings. The topological polar surface area (TPSA) is 67.2 Å². The van der Waals surface area contributed by atoms with Crippen LogP contribution in [-0.2, 0) is 0 Å². The number of hydrogen-bond donors (Lipinski definition) is 3. The third-order valence-corrected chi connectivity index (χ3v) is 2.21. The molecule has 0 saturated heterocycles. The van der Waals surface area contributed by atoms with Gasteiger partial charge in [0.25, 0.3) is 5.91 Å². The normalized spacial score (nSPS) is 9.88. The molecule has 0 aliphatic rings. The highest BCUT2D eigenvalue weighted by Gasteiger charge is 2.08. The minimum atomic E-state index is -0.0509. The van der Waals surface area contributed by atoms with Crippen LogP contribution < -0.4 is 16.4 Å². The van der Waals surface area contributed by atoms with Gasteiger partial charge in [-0.3, -0.25) is 4.79 Å². The first kappa shape index (κ1) is 12.5. The lowest BCUT2D eigenvalue weighted by molar-refractivity contribution is 0.0954. The van der Waals surface area contributed by atoms with Gasteiger partial charge < -0.3 is 16.4 Å². The van der Waals surface area contributed by atoms with Crippen LogP contribution in [0.15, 0.2) is 24.3 Å². The molecule has 0 unspecified atom stereocenters. The van der Waals surface area contributed by atoms with Crippen LogP contribution in [0.3, 0.4) is 0 Å². The van der Waals surface area contributed by atoms with E-state index in [0.29, 0.717) is 18.7 Å². The average Bonchev–Trinajstić information content (AvgIpc) is 2.30. The molecule has 4 heteroatoms. The van der Waals surface area contributed by atoms with Crippen LogP contribution in [-0.4, -0.2) is 25.5 Å². The SMILES string of the molecule is CCNc1ccccc1C(=O)NCCCN. The van der Waals surface area contributed by atoms with Crippen LogP contribution in [0.2, 0.25) is 0 Å². The van der Waals surface area contributed by atoms with E-state index in [1.54, 1.807) is 0 Å². The Morgan fingerprint density at radius 3 is 2.81 bits per heavy atom. The summed E-state index contributed by atoms with van der Waals surface area (Å²) in [7, 11) is 0. The van der Waals surface area contributed by atoms with Gasteiger partial charge in [-0.05, 0) is 32.0 Å². The number of anilines is 1. The van der Waals surface area contributed by atoms with E-state index >= 15 is 0 Å². The van der Waals surface area contributed by atoms with Crippen molar-refractivity contribution in [2.45, 2.75) is 13.3 Å². The van der Waals surface area contributed by atoms with Gasteiger partial charge in [0, 0.05) is 18.8 Å². The Kier molecular flexibility index (Phi) is 5.36. The maximum absolute atomic E-state index is 11.8. The second-order valence-corrected chi connectivity index (χ2v) is 3.47. The number of nitrogens with two attached hydrogens (primary N) is 1. The summed E-state index contributed by atoms with van der Waals surface area (Å²) < 4.78 is 0. The van der Waals surface area contributed by atoms with Crippen molar-refractivity contribution in [3.63, 3.8) is 0 Å². The lowest BCUT2D eigenvalue weighted by atomic mass is 10.1. The van der Waals surface area contributed by atoms with Crippen molar-refractivity contribution in [1.29, 1.82) is 0 Å². The van der Waals surface area contributed by atoms with Crippen LogP contribution >= 0.6 is 0 Å². The Bertz CT molecular complexity index is 339. The molecule has 1 amide bonds. The fourth-order valence-electron chi connectivity index (χ4n) is 1.42.